The topological polar surface area (TPSA) is 73.1 Å². The van der Waals surface area contributed by atoms with Crippen molar-refractivity contribution >= 4 is 5.91 Å². The van der Waals surface area contributed by atoms with Gasteiger partial charge in [0, 0.05) is 19.2 Å². The minimum Gasteiger partial charge on any atom is -0.477 e. The van der Waals surface area contributed by atoms with E-state index in [9.17, 15) is 4.79 Å². The molecule has 7 nitrogen and oxygen atoms in total. The van der Waals surface area contributed by atoms with E-state index in [2.05, 4.69) is 15.3 Å². The number of ether oxygens (including phenoxy) is 1. The molecule has 3 rings (SSSR count). The van der Waals surface area contributed by atoms with Crippen LogP contribution in [-0.2, 0) is 0 Å². The Bertz CT molecular complexity index is 659. The maximum absolute atomic E-state index is 12.5. The largest absolute Gasteiger partial charge is 0.477 e. The third kappa shape index (κ3) is 2.66. The van der Waals surface area contributed by atoms with Gasteiger partial charge in [0.05, 0.1) is 24.1 Å². The number of likely N-dealkylation sites (tertiary alicyclic amines) is 1. The summed E-state index contributed by atoms with van der Waals surface area (Å²) >= 11 is 0. The minimum atomic E-state index is 0.0418. The molecular formula is C15H19N5O2. The van der Waals surface area contributed by atoms with Gasteiger partial charge in [0.2, 0.25) is 5.88 Å². The van der Waals surface area contributed by atoms with E-state index in [4.69, 9.17) is 4.74 Å². The summed E-state index contributed by atoms with van der Waals surface area (Å²) in [5.74, 6) is 1.09. The van der Waals surface area contributed by atoms with Crippen molar-refractivity contribution in [2.75, 3.05) is 19.7 Å². The second-order valence-corrected chi connectivity index (χ2v) is 5.22. The van der Waals surface area contributed by atoms with E-state index < -0.39 is 0 Å². The van der Waals surface area contributed by atoms with Crippen molar-refractivity contribution < 1.29 is 9.53 Å². The molecule has 0 aromatic carbocycles. The Hall–Kier alpha value is -2.44. The average molecular weight is 301 g/mol. The van der Waals surface area contributed by atoms with E-state index in [0.717, 1.165) is 31.6 Å². The normalized spacial score (nSPS) is 14.4. The second-order valence-electron chi connectivity index (χ2n) is 5.22. The zero-order valence-corrected chi connectivity index (χ0v) is 12.8. The molecule has 0 atom stereocenters. The molecule has 1 aliphatic rings. The zero-order chi connectivity index (χ0) is 15.5. The lowest BCUT2D eigenvalue weighted by molar-refractivity contribution is 0.0792. The Morgan fingerprint density at radius 1 is 1.27 bits per heavy atom. The summed E-state index contributed by atoms with van der Waals surface area (Å²) in [7, 11) is 0. The van der Waals surface area contributed by atoms with E-state index in [1.54, 1.807) is 23.0 Å². The summed E-state index contributed by atoms with van der Waals surface area (Å²) in [5, 5.41) is 12.4. The van der Waals surface area contributed by atoms with Crippen molar-refractivity contribution in [3.05, 3.63) is 29.6 Å². The number of aromatic nitrogens is 4. The number of rotatable bonds is 4. The van der Waals surface area contributed by atoms with Crippen LogP contribution in [0.15, 0.2) is 18.3 Å². The van der Waals surface area contributed by atoms with Crippen LogP contribution in [0.5, 0.6) is 5.88 Å². The molecule has 1 aliphatic heterocycles. The molecule has 0 N–H and O–H groups in total. The van der Waals surface area contributed by atoms with E-state index in [1.165, 1.54) is 0 Å². The third-order valence-corrected chi connectivity index (χ3v) is 3.77. The first-order chi connectivity index (χ1) is 10.7. The van der Waals surface area contributed by atoms with Gasteiger partial charge in [0.15, 0.2) is 5.82 Å². The van der Waals surface area contributed by atoms with E-state index in [0.29, 0.717) is 23.9 Å². The molecule has 0 spiro atoms. The molecule has 0 radical (unpaired) electrons. The molecule has 1 fully saturated rings. The maximum Gasteiger partial charge on any atom is 0.257 e. The maximum atomic E-state index is 12.5. The molecule has 116 valence electrons. The lowest BCUT2D eigenvalue weighted by Gasteiger charge is -2.14. The molecule has 22 heavy (non-hydrogen) atoms. The zero-order valence-electron chi connectivity index (χ0n) is 12.8. The van der Waals surface area contributed by atoms with Gasteiger partial charge < -0.3 is 9.64 Å². The highest BCUT2D eigenvalue weighted by Crippen LogP contribution is 2.18. The number of carbonyl (C=O) groups is 1. The number of hydrogen-bond acceptors (Lipinski definition) is 5. The van der Waals surface area contributed by atoms with Gasteiger partial charge in [0.25, 0.3) is 5.91 Å². The minimum absolute atomic E-state index is 0.0418. The SMILES string of the molecule is CCOc1ccc(-n2ncc(C(=O)N3CCCC3)c2C)nn1. The van der Waals surface area contributed by atoms with Gasteiger partial charge in [-0.2, -0.15) is 5.10 Å². The van der Waals surface area contributed by atoms with Crippen LogP contribution in [0.25, 0.3) is 5.82 Å². The predicted octanol–water partition coefficient (Wildman–Crippen LogP) is 1.61. The number of nitrogens with zero attached hydrogens (tertiary/aromatic N) is 5. The lowest BCUT2D eigenvalue weighted by atomic mass is 10.2. The van der Waals surface area contributed by atoms with Crippen LogP contribution in [0.3, 0.4) is 0 Å². The molecule has 0 aliphatic carbocycles. The van der Waals surface area contributed by atoms with Crippen LogP contribution in [0.4, 0.5) is 0 Å². The average Bonchev–Trinajstić information content (AvgIpc) is 3.18. The molecule has 0 saturated carbocycles. The van der Waals surface area contributed by atoms with Gasteiger partial charge in [0.1, 0.15) is 0 Å². The van der Waals surface area contributed by atoms with Crippen molar-refractivity contribution in [1.82, 2.24) is 24.9 Å². The summed E-state index contributed by atoms with van der Waals surface area (Å²) in [6.07, 6.45) is 3.75. The summed E-state index contributed by atoms with van der Waals surface area (Å²) < 4.78 is 6.90. The number of carbonyl (C=O) groups excluding carboxylic acids is 1. The Morgan fingerprint density at radius 3 is 2.68 bits per heavy atom. The first-order valence-corrected chi connectivity index (χ1v) is 7.51. The summed E-state index contributed by atoms with van der Waals surface area (Å²) in [5.41, 5.74) is 1.40. The molecule has 1 amide bonds. The van der Waals surface area contributed by atoms with Crippen LogP contribution >= 0.6 is 0 Å². The molecule has 2 aromatic heterocycles. The van der Waals surface area contributed by atoms with Gasteiger partial charge in [-0.1, -0.05) is 0 Å². The van der Waals surface area contributed by atoms with Crippen LogP contribution in [-0.4, -0.2) is 50.5 Å². The quantitative estimate of drug-likeness (QED) is 0.857. The Labute approximate surface area is 128 Å². The van der Waals surface area contributed by atoms with Crippen molar-refractivity contribution in [2.45, 2.75) is 26.7 Å². The van der Waals surface area contributed by atoms with Gasteiger partial charge in [-0.25, -0.2) is 4.68 Å². The molecule has 1 saturated heterocycles. The highest BCUT2D eigenvalue weighted by Gasteiger charge is 2.23. The second kappa shape index (κ2) is 6.13. The smallest absolute Gasteiger partial charge is 0.257 e. The first kappa shape index (κ1) is 14.5. The number of hydrogen-bond donors (Lipinski definition) is 0. The predicted molar refractivity (Wildman–Crippen MR) is 80.2 cm³/mol. The van der Waals surface area contributed by atoms with Gasteiger partial charge in [-0.15, -0.1) is 10.2 Å². The van der Waals surface area contributed by atoms with Crippen molar-refractivity contribution in [3.8, 4) is 11.7 Å². The molecule has 3 heterocycles. The Morgan fingerprint density at radius 2 is 2.05 bits per heavy atom. The standard InChI is InChI=1S/C15H19N5O2/c1-3-22-14-7-6-13(17-18-14)20-11(2)12(10-16-20)15(21)19-8-4-5-9-19/h6-7,10H,3-5,8-9H2,1-2H3. The third-order valence-electron chi connectivity index (χ3n) is 3.77. The molecule has 0 unspecified atom stereocenters. The van der Waals surface area contributed by atoms with Crippen molar-refractivity contribution in [3.63, 3.8) is 0 Å². The van der Waals surface area contributed by atoms with Crippen LogP contribution in [0, 0.1) is 6.92 Å². The van der Waals surface area contributed by atoms with E-state index in [-0.39, 0.29) is 5.91 Å². The lowest BCUT2D eigenvalue weighted by Crippen LogP contribution is -2.28. The van der Waals surface area contributed by atoms with Crippen molar-refractivity contribution in [1.29, 1.82) is 0 Å². The fraction of sp³-hybridized carbons (Fsp3) is 0.467. The van der Waals surface area contributed by atoms with Crippen LogP contribution in [0.2, 0.25) is 0 Å². The molecular weight excluding hydrogens is 282 g/mol. The fourth-order valence-electron chi connectivity index (χ4n) is 2.59. The summed E-state index contributed by atoms with van der Waals surface area (Å²) in [4.78, 5) is 14.3. The highest BCUT2D eigenvalue weighted by atomic mass is 16.5. The van der Waals surface area contributed by atoms with Crippen LogP contribution < -0.4 is 4.74 Å². The van der Waals surface area contributed by atoms with E-state index in [1.807, 2.05) is 18.7 Å². The van der Waals surface area contributed by atoms with Crippen molar-refractivity contribution in [2.24, 2.45) is 0 Å². The van der Waals surface area contributed by atoms with Crippen LogP contribution in [0.1, 0.15) is 35.8 Å². The van der Waals surface area contributed by atoms with Gasteiger partial charge in [-0.3, -0.25) is 4.79 Å². The molecule has 2 aromatic rings. The Balaban J connectivity index is 1.84. The highest BCUT2D eigenvalue weighted by molar-refractivity contribution is 5.95. The van der Waals surface area contributed by atoms with E-state index >= 15 is 0 Å². The first-order valence-electron chi connectivity index (χ1n) is 7.51. The monoisotopic (exact) mass is 301 g/mol. The molecule has 0 bridgehead atoms. The molecule has 7 heteroatoms. The Kier molecular flexibility index (Phi) is 4.04. The summed E-state index contributed by atoms with van der Waals surface area (Å²) in [6.45, 7) is 5.96. The van der Waals surface area contributed by atoms with Gasteiger partial charge >= 0.3 is 0 Å². The number of amides is 1. The van der Waals surface area contributed by atoms with Gasteiger partial charge in [-0.05, 0) is 32.8 Å². The fourth-order valence-corrected chi connectivity index (χ4v) is 2.59. The summed E-state index contributed by atoms with van der Waals surface area (Å²) in [6, 6.07) is 3.52.